The lowest BCUT2D eigenvalue weighted by Gasteiger charge is -2.14. The van der Waals surface area contributed by atoms with E-state index in [2.05, 4.69) is 4.74 Å². The van der Waals surface area contributed by atoms with Crippen molar-refractivity contribution in [2.75, 3.05) is 6.61 Å². The molecule has 0 heterocycles. The van der Waals surface area contributed by atoms with Crippen LogP contribution in [0.2, 0.25) is 0 Å². The first kappa shape index (κ1) is 15.3. The van der Waals surface area contributed by atoms with Gasteiger partial charge >= 0.3 is 6.36 Å². The molecule has 0 saturated heterocycles. The van der Waals surface area contributed by atoms with Gasteiger partial charge in [-0.15, -0.1) is 13.2 Å². The highest BCUT2D eigenvalue weighted by Crippen LogP contribution is 2.34. The van der Waals surface area contributed by atoms with Gasteiger partial charge in [0.1, 0.15) is 11.6 Å². The fraction of sp³-hybridized carbons (Fsp3) is 0.200. The number of para-hydroxylation sites is 1. The zero-order chi connectivity index (χ0) is 15.5. The molecule has 0 aliphatic carbocycles. The Balaban J connectivity index is 2.44. The van der Waals surface area contributed by atoms with E-state index >= 15 is 0 Å². The lowest BCUT2D eigenvalue weighted by atomic mass is 10.0. The number of benzene rings is 2. The van der Waals surface area contributed by atoms with Crippen molar-refractivity contribution in [2.45, 2.75) is 12.8 Å². The molecule has 0 fully saturated rings. The lowest BCUT2D eigenvalue weighted by molar-refractivity contribution is -0.274. The molecular weight excluding hydrogens is 288 g/mol. The van der Waals surface area contributed by atoms with Gasteiger partial charge in [-0.3, -0.25) is 0 Å². The van der Waals surface area contributed by atoms with E-state index in [4.69, 9.17) is 5.11 Å². The van der Waals surface area contributed by atoms with E-state index in [0.29, 0.717) is 5.56 Å². The lowest BCUT2D eigenvalue weighted by Crippen LogP contribution is -2.17. The van der Waals surface area contributed by atoms with Crippen molar-refractivity contribution >= 4 is 0 Å². The first-order chi connectivity index (χ1) is 9.90. The monoisotopic (exact) mass is 300 g/mol. The summed E-state index contributed by atoms with van der Waals surface area (Å²) in [7, 11) is 0. The normalized spacial score (nSPS) is 11.5. The molecule has 112 valence electrons. The van der Waals surface area contributed by atoms with Crippen molar-refractivity contribution in [2.24, 2.45) is 0 Å². The van der Waals surface area contributed by atoms with Crippen LogP contribution in [0.15, 0.2) is 42.5 Å². The van der Waals surface area contributed by atoms with Crippen LogP contribution in [-0.2, 0) is 6.42 Å². The van der Waals surface area contributed by atoms with Gasteiger partial charge in [-0.2, -0.15) is 0 Å². The third-order valence-corrected chi connectivity index (χ3v) is 2.85. The van der Waals surface area contributed by atoms with E-state index in [0.717, 1.165) is 6.07 Å². The Kier molecular flexibility index (Phi) is 4.47. The van der Waals surface area contributed by atoms with Crippen molar-refractivity contribution in [3.63, 3.8) is 0 Å². The molecule has 2 rings (SSSR count). The van der Waals surface area contributed by atoms with Crippen LogP contribution in [-0.4, -0.2) is 18.1 Å². The average Bonchev–Trinajstić information content (AvgIpc) is 2.40. The molecule has 0 aliphatic rings. The molecular formula is C15H12F4O2. The fourth-order valence-electron chi connectivity index (χ4n) is 1.97. The predicted octanol–water partition coefficient (Wildman–Crippen LogP) is 3.93. The van der Waals surface area contributed by atoms with Gasteiger partial charge in [-0.05, 0) is 35.7 Å². The number of alkyl halides is 3. The van der Waals surface area contributed by atoms with Crippen LogP contribution in [0.5, 0.6) is 5.75 Å². The molecule has 0 spiro atoms. The maximum atomic E-state index is 13.5. The van der Waals surface area contributed by atoms with Crippen LogP contribution in [0.1, 0.15) is 5.56 Å². The summed E-state index contributed by atoms with van der Waals surface area (Å²) in [5.41, 5.74) is 0.825. The molecule has 21 heavy (non-hydrogen) atoms. The van der Waals surface area contributed by atoms with Gasteiger partial charge in [0.05, 0.1) is 0 Å². The number of aliphatic hydroxyl groups excluding tert-OH is 1. The quantitative estimate of drug-likeness (QED) is 0.867. The van der Waals surface area contributed by atoms with Crippen molar-refractivity contribution in [3.8, 4) is 16.9 Å². The Morgan fingerprint density at radius 2 is 1.76 bits per heavy atom. The first-order valence-electron chi connectivity index (χ1n) is 6.15. The number of halogens is 4. The highest BCUT2D eigenvalue weighted by Gasteiger charge is 2.32. The van der Waals surface area contributed by atoms with Crippen LogP contribution in [0.4, 0.5) is 17.6 Å². The molecule has 0 saturated carbocycles. The zero-order valence-electron chi connectivity index (χ0n) is 10.8. The predicted molar refractivity (Wildman–Crippen MR) is 69.3 cm³/mol. The Morgan fingerprint density at radius 1 is 1.05 bits per heavy atom. The SMILES string of the molecule is OCCc1cc(-c2ccccc2OC(F)(F)F)ccc1F. The number of hydrogen-bond acceptors (Lipinski definition) is 2. The standard InChI is InChI=1S/C15H12F4O2/c16-13-6-5-10(9-11(13)7-8-20)12-3-1-2-4-14(12)21-15(17,18)19/h1-6,9,20H,7-8H2. The van der Waals surface area contributed by atoms with Crippen molar-refractivity contribution in [3.05, 3.63) is 53.8 Å². The largest absolute Gasteiger partial charge is 0.573 e. The summed E-state index contributed by atoms with van der Waals surface area (Å²) in [6.45, 7) is -0.249. The Labute approximate surface area is 118 Å². The van der Waals surface area contributed by atoms with Gasteiger partial charge in [0.2, 0.25) is 0 Å². The van der Waals surface area contributed by atoms with E-state index < -0.39 is 12.2 Å². The molecule has 0 unspecified atom stereocenters. The van der Waals surface area contributed by atoms with Crippen LogP contribution < -0.4 is 4.74 Å². The van der Waals surface area contributed by atoms with Gasteiger partial charge in [0, 0.05) is 12.2 Å². The fourth-order valence-corrected chi connectivity index (χ4v) is 1.97. The van der Waals surface area contributed by atoms with Crippen LogP contribution in [0.25, 0.3) is 11.1 Å². The third-order valence-electron chi connectivity index (χ3n) is 2.85. The molecule has 0 atom stereocenters. The number of aliphatic hydroxyl groups is 1. The number of rotatable bonds is 4. The summed E-state index contributed by atoms with van der Waals surface area (Å²) >= 11 is 0. The number of ether oxygens (including phenoxy) is 1. The van der Waals surface area contributed by atoms with Crippen molar-refractivity contribution in [1.82, 2.24) is 0 Å². The minimum absolute atomic E-state index is 0.0853. The van der Waals surface area contributed by atoms with Gasteiger partial charge in [-0.25, -0.2) is 4.39 Å². The first-order valence-corrected chi connectivity index (χ1v) is 6.15. The molecule has 2 aromatic rings. The maximum absolute atomic E-state index is 13.5. The van der Waals surface area contributed by atoms with Gasteiger partial charge < -0.3 is 9.84 Å². The molecule has 0 bridgehead atoms. The summed E-state index contributed by atoms with van der Waals surface area (Å²) < 4.78 is 54.7. The van der Waals surface area contributed by atoms with E-state index in [9.17, 15) is 17.6 Å². The van der Waals surface area contributed by atoms with Gasteiger partial charge in [0.15, 0.2) is 0 Å². The molecule has 2 aromatic carbocycles. The van der Waals surface area contributed by atoms with E-state index in [-0.39, 0.29) is 29.9 Å². The zero-order valence-corrected chi connectivity index (χ0v) is 10.8. The van der Waals surface area contributed by atoms with E-state index in [1.54, 1.807) is 6.07 Å². The summed E-state index contributed by atoms with van der Waals surface area (Å²) in [5, 5.41) is 8.87. The number of hydrogen-bond donors (Lipinski definition) is 1. The minimum Gasteiger partial charge on any atom is -0.405 e. The smallest absolute Gasteiger partial charge is 0.405 e. The second-order valence-corrected chi connectivity index (χ2v) is 4.32. The highest BCUT2D eigenvalue weighted by atomic mass is 19.4. The summed E-state index contributed by atoms with van der Waals surface area (Å²) in [6, 6.07) is 9.56. The Bertz CT molecular complexity index is 623. The van der Waals surface area contributed by atoms with Crippen molar-refractivity contribution < 1.29 is 27.4 Å². The van der Waals surface area contributed by atoms with Crippen molar-refractivity contribution in [1.29, 1.82) is 0 Å². The van der Waals surface area contributed by atoms with E-state index in [1.807, 2.05) is 0 Å². The molecule has 0 amide bonds. The molecule has 0 aromatic heterocycles. The third kappa shape index (κ3) is 3.95. The van der Waals surface area contributed by atoms with Gasteiger partial charge in [0.25, 0.3) is 0 Å². The van der Waals surface area contributed by atoms with Crippen LogP contribution >= 0.6 is 0 Å². The molecule has 6 heteroatoms. The molecule has 0 aliphatic heterocycles. The van der Waals surface area contributed by atoms with Crippen LogP contribution in [0.3, 0.4) is 0 Å². The second-order valence-electron chi connectivity index (χ2n) is 4.32. The second kappa shape index (κ2) is 6.13. The average molecular weight is 300 g/mol. The molecule has 2 nitrogen and oxygen atoms in total. The Hall–Kier alpha value is -2.08. The summed E-state index contributed by atoms with van der Waals surface area (Å²) in [5.74, 6) is -0.867. The van der Waals surface area contributed by atoms with Crippen LogP contribution in [0, 0.1) is 5.82 Å². The topological polar surface area (TPSA) is 29.5 Å². The Morgan fingerprint density at radius 3 is 2.43 bits per heavy atom. The molecule has 1 N–H and O–H groups in total. The minimum atomic E-state index is -4.80. The highest BCUT2D eigenvalue weighted by molar-refractivity contribution is 5.71. The van der Waals surface area contributed by atoms with E-state index in [1.165, 1.54) is 30.3 Å². The molecule has 0 radical (unpaired) electrons. The maximum Gasteiger partial charge on any atom is 0.573 e. The summed E-state index contributed by atoms with van der Waals surface area (Å²) in [6.07, 6.45) is -4.72. The van der Waals surface area contributed by atoms with Gasteiger partial charge in [-0.1, -0.05) is 24.3 Å². The summed E-state index contributed by atoms with van der Waals surface area (Å²) in [4.78, 5) is 0.